The van der Waals surface area contributed by atoms with Crippen molar-refractivity contribution in [2.24, 2.45) is 11.8 Å². The van der Waals surface area contributed by atoms with E-state index in [4.69, 9.17) is 0 Å². The van der Waals surface area contributed by atoms with E-state index in [1.54, 1.807) is 0 Å². The maximum atomic E-state index is 11.3. The quantitative estimate of drug-likeness (QED) is 0.639. The van der Waals surface area contributed by atoms with Crippen LogP contribution in [0.1, 0.15) is 19.3 Å². The molecule has 2 saturated heterocycles. The fraction of sp³-hybridized carbons (Fsp3) is 0.900. The lowest BCUT2D eigenvalue weighted by molar-refractivity contribution is -0.126. The number of carbonyl (C=O) groups excluding carboxylic acids is 1. The Morgan fingerprint density at radius 3 is 2.54 bits per heavy atom. The van der Waals surface area contributed by atoms with Crippen LogP contribution in [-0.4, -0.2) is 37.5 Å². The average Bonchev–Trinajstić information content (AvgIpc) is 2.49. The molecular formula is C10H18N2O. The molecule has 0 saturated carbocycles. The van der Waals surface area contributed by atoms with Crippen LogP contribution in [0.15, 0.2) is 0 Å². The first kappa shape index (κ1) is 9.00. The largest absolute Gasteiger partial charge is 0.345 e. The number of rotatable bonds is 1. The lowest BCUT2D eigenvalue weighted by atomic mass is 9.84. The van der Waals surface area contributed by atoms with E-state index in [1.165, 1.54) is 12.8 Å². The number of nitrogens with one attached hydrogen (secondary N) is 1. The zero-order valence-corrected chi connectivity index (χ0v) is 8.25. The Morgan fingerprint density at radius 2 is 2.00 bits per heavy atom. The predicted octanol–water partition coefficient (Wildman–Crippen LogP) is 0.464. The van der Waals surface area contributed by atoms with E-state index >= 15 is 0 Å². The molecule has 0 aromatic carbocycles. The molecule has 1 atom stereocenters. The van der Waals surface area contributed by atoms with Gasteiger partial charge in [-0.15, -0.1) is 0 Å². The van der Waals surface area contributed by atoms with Gasteiger partial charge in [0.2, 0.25) is 5.91 Å². The Bertz CT molecular complexity index is 199. The molecule has 0 radical (unpaired) electrons. The number of carbonyl (C=O) groups is 1. The van der Waals surface area contributed by atoms with Crippen LogP contribution in [0.3, 0.4) is 0 Å². The Hall–Kier alpha value is -0.570. The molecule has 13 heavy (non-hydrogen) atoms. The second-order valence-electron chi connectivity index (χ2n) is 4.33. The van der Waals surface area contributed by atoms with Crippen LogP contribution in [0.25, 0.3) is 0 Å². The Labute approximate surface area is 79.5 Å². The summed E-state index contributed by atoms with van der Waals surface area (Å²) in [6.07, 6.45) is 3.30. The summed E-state index contributed by atoms with van der Waals surface area (Å²) in [4.78, 5) is 13.2. The molecule has 0 bridgehead atoms. The second kappa shape index (κ2) is 3.66. The Balaban J connectivity index is 1.90. The van der Waals surface area contributed by atoms with Crippen molar-refractivity contribution in [3.63, 3.8) is 0 Å². The van der Waals surface area contributed by atoms with E-state index in [9.17, 15) is 4.79 Å². The van der Waals surface area contributed by atoms with Crippen LogP contribution in [0.5, 0.6) is 0 Å². The van der Waals surface area contributed by atoms with Gasteiger partial charge < -0.3 is 10.2 Å². The molecule has 1 N–H and O–H groups in total. The summed E-state index contributed by atoms with van der Waals surface area (Å²) in [5, 5.41) is 3.36. The van der Waals surface area contributed by atoms with Gasteiger partial charge in [0.25, 0.3) is 0 Å². The SMILES string of the molecule is CN1CC(C2CCNCC2)CC1=O. The van der Waals surface area contributed by atoms with Gasteiger partial charge in [-0.1, -0.05) is 0 Å². The number of amides is 1. The van der Waals surface area contributed by atoms with Crippen LogP contribution in [0.2, 0.25) is 0 Å². The summed E-state index contributed by atoms with van der Waals surface area (Å²) >= 11 is 0. The van der Waals surface area contributed by atoms with E-state index < -0.39 is 0 Å². The maximum Gasteiger partial charge on any atom is 0.222 e. The highest BCUT2D eigenvalue weighted by molar-refractivity contribution is 5.78. The highest BCUT2D eigenvalue weighted by Crippen LogP contribution is 2.29. The molecule has 0 spiro atoms. The highest BCUT2D eigenvalue weighted by Gasteiger charge is 2.33. The van der Waals surface area contributed by atoms with Crippen molar-refractivity contribution in [1.29, 1.82) is 0 Å². The first-order valence-corrected chi connectivity index (χ1v) is 5.22. The predicted molar refractivity (Wildman–Crippen MR) is 51.3 cm³/mol. The summed E-state index contributed by atoms with van der Waals surface area (Å²) in [6.45, 7) is 3.27. The number of hydrogen-bond donors (Lipinski definition) is 1. The molecule has 2 aliphatic heterocycles. The van der Waals surface area contributed by atoms with Gasteiger partial charge >= 0.3 is 0 Å². The second-order valence-corrected chi connectivity index (χ2v) is 4.33. The minimum absolute atomic E-state index is 0.337. The van der Waals surface area contributed by atoms with Crippen molar-refractivity contribution in [2.45, 2.75) is 19.3 Å². The first-order valence-electron chi connectivity index (χ1n) is 5.22. The van der Waals surface area contributed by atoms with Crippen LogP contribution < -0.4 is 5.32 Å². The van der Waals surface area contributed by atoms with Gasteiger partial charge in [0.05, 0.1) is 0 Å². The highest BCUT2D eigenvalue weighted by atomic mass is 16.2. The first-order chi connectivity index (χ1) is 6.27. The standard InChI is InChI=1S/C10H18N2O/c1-12-7-9(6-10(12)13)8-2-4-11-5-3-8/h8-9,11H,2-7H2,1H3. The van der Waals surface area contributed by atoms with Crippen molar-refractivity contribution in [1.82, 2.24) is 10.2 Å². The van der Waals surface area contributed by atoms with Crippen molar-refractivity contribution < 1.29 is 4.79 Å². The molecule has 2 heterocycles. The fourth-order valence-corrected chi connectivity index (χ4v) is 2.53. The summed E-state index contributed by atoms with van der Waals surface area (Å²) in [5.74, 6) is 1.76. The topological polar surface area (TPSA) is 32.3 Å². The lowest BCUT2D eigenvalue weighted by Crippen LogP contribution is -2.32. The van der Waals surface area contributed by atoms with E-state index in [2.05, 4.69) is 5.32 Å². The molecule has 3 nitrogen and oxygen atoms in total. The summed E-state index contributed by atoms with van der Waals surface area (Å²) < 4.78 is 0. The summed E-state index contributed by atoms with van der Waals surface area (Å²) in [6, 6.07) is 0. The molecular weight excluding hydrogens is 164 g/mol. The minimum atomic E-state index is 0.337. The molecule has 1 amide bonds. The van der Waals surface area contributed by atoms with Gasteiger partial charge in [0.1, 0.15) is 0 Å². The lowest BCUT2D eigenvalue weighted by Gasteiger charge is -2.27. The molecule has 0 aliphatic carbocycles. The van der Waals surface area contributed by atoms with Gasteiger partial charge in [-0.2, -0.15) is 0 Å². The zero-order chi connectivity index (χ0) is 9.26. The fourth-order valence-electron chi connectivity index (χ4n) is 2.53. The van der Waals surface area contributed by atoms with Gasteiger partial charge in [-0.25, -0.2) is 0 Å². The Kier molecular flexibility index (Phi) is 2.54. The monoisotopic (exact) mass is 182 g/mol. The molecule has 0 aromatic heterocycles. The zero-order valence-electron chi connectivity index (χ0n) is 8.25. The van der Waals surface area contributed by atoms with Crippen LogP contribution in [0, 0.1) is 11.8 Å². The number of nitrogens with zero attached hydrogens (tertiary/aromatic N) is 1. The molecule has 0 aromatic rings. The van der Waals surface area contributed by atoms with E-state index in [0.717, 1.165) is 32.0 Å². The third-order valence-electron chi connectivity index (χ3n) is 3.42. The van der Waals surface area contributed by atoms with Crippen molar-refractivity contribution in [2.75, 3.05) is 26.7 Å². The molecule has 2 rings (SSSR count). The van der Waals surface area contributed by atoms with E-state index in [-0.39, 0.29) is 0 Å². The normalized spacial score (nSPS) is 31.3. The van der Waals surface area contributed by atoms with Gasteiger partial charge in [-0.05, 0) is 37.8 Å². The number of piperidine rings is 1. The van der Waals surface area contributed by atoms with Crippen molar-refractivity contribution >= 4 is 5.91 Å². The minimum Gasteiger partial charge on any atom is -0.345 e. The smallest absolute Gasteiger partial charge is 0.222 e. The van der Waals surface area contributed by atoms with Crippen molar-refractivity contribution in [3.8, 4) is 0 Å². The summed E-state index contributed by atoms with van der Waals surface area (Å²) in [7, 11) is 1.92. The van der Waals surface area contributed by atoms with E-state index in [0.29, 0.717) is 11.8 Å². The van der Waals surface area contributed by atoms with Gasteiger partial charge in [0.15, 0.2) is 0 Å². The third-order valence-corrected chi connectivity index (χ3v) is 3.42. The molecule has 2 fully saturated rings. The molecule has 74 valence electrons. The summed E-state index contributed by atoms with van der Waals surface area (Å²) in [5.41, 5.74) is 0. The Morgan fingerprint density at radius 1 is 1.31 bits per heavy atom. The molecule has 2 aliphatic rings. The number of hydrogen-bond acceptors (Lipinski definition) is 2. The van der Waals surface area contributed by atoms with Gasteiger partial charge in [-0.3, -0.25) is 4.79 Å². The third kappa shape index (κ3) is 1.85. The van der Waals surface area contributed by atoms with E-state index in [1.807, 2.05) is 11.9 Å². The maximum absolute atomic E-state index is 11.3. The average molecular weight is 182 g/mol. The molecule has 1 unspecified atom stereocenters. The van der Waals surface area contributed by atoms with Crippen molar-refractivity contribution in [3.05, 3.63) is 0 Å². The molecule has 3 heteroatoms. The number of likely N-dealkylation sites (tertiary alicyclic amines) is 1. The van der Waals surface area contributed by atoms with Gasteiger partial charge in [0, 0.05) is 20.0 Å². The van der Waals surface area contributed by atoms with Crippen LogP contribution in [0.4, 0.5) is 0 Å². The van der Waals surface area contributed by atoms with Crippen LogP contribution in [-0.2, 0) is 4.79 Å². The van der Waals surface area contributed by atoms with Crippen LogP contribution >= 0.6 is 0 Å².